The van der Waals surface area contributed by atoms with Gasteiger partial charge in [-0.3, -0.25) is 4.40 Å². The van der Waals surface area contributed by atoms with Gasteiger partial charge in [0.1, 0.15) is 10.1 Å². The molecule has 0 saturated carbocycles. The van der Waals surface area contributed by atoms with Crippen LogP contribution in [0.1, 0.15) is 0 Å². The Bertz CT molecular complexity index is 552. The van der Waals surface area contributed by atoms with E-state index in [0.717, 1.165) is 42.4 Å². The molecule has 5 nitrogen and oxygen atoms in total. The summed E-state index contributed by atoms with van der Waals surface area (Å²) in [6, 6.07) is 0. The monoisotopic (exact) mass is 316 g/mol. The fourth-order valence-corrected chi connectivity index (χ4v) is 2.82. The fourth-order valence-electron chi connectivity index (χ4n) is 1.93. The van der Waals surface area contributed by atoms with Crippen LogP contribution in [0.3, 0.4) is 0 Å². The van der Waals surface area contributed by atoms with Crippen LogP contribution in [0.15, 0.2) is 17.0 Å². The van der Waals surface area contributed by atoms with Gasteiger partial charge < -0.3 is 9.64 Å². The summed E-state index contributed by atoms with van der Waals surface area (Å²) in [7, 11) is 0. The van der Waals surface area contributed by atoms with E-state index < -0.39 is 0 Å². The summed E-state index contributed by atoms with van der Waals surface area (Å²) in [5, 5.41) is 0.450. The van der Waals surface area contributed by atoms with E-state index in [0.29, 0.717) is 5.15 Å². The van der Waals surface area contributed by atoms with Crippen molar-refractivity contribution in [1.82, 2.24) is 14.4 Å². The van der Waals surface area contributed by atoms with Crippen molar-refractivity contribution in [1.29, 1.82) is 0 Å². The number of hydrogen-bond donors (Lipinski definition) is 0. The zero-order valence-electron chi connectivity index (χ0n) is 8.94. The number of nitrogens with zero attached hydrogens (tertiary/aromatic N) is 4. The number of fused-ring (bicyclic) bond motifs is 1. The molecule has 3 heterocycles. The average molecular weight is 318 g/mol. The number of hydrogen-bond acceptors (Lipinski definition) is 4. The standard InChI is InChI=1S/C10H10BrClN4O/c11-8-7-9(12)13-1-2-16(7)10(14-8)15-3-5-17-6-4-15/h1-2H,3-6H2. The maximum Gasteiger partial charge on any atom is 0.211 e. The Morgan fingerprint density at radius 3 is 2.88 bits per heavy atom. The highest BCUT2D eigenvalue weighted by molar-refractivity contribution is 9.10. The third-order valence-electron chi connectivity index (χ3n) is 2.74. The molecule has 0 amide bonds. The van der Waals surface area contributed by atoms with Crippen molar-refractivity contribution in [3.05, 3.63) is 22.1 Å². The lowest BCUT2D eigenvalue weighted by molar-refractivity contribution is 0.122. The Balaban J connectivity index is 2.13. The third kappa shape index (κ3) is 1.90. The van der Waals surface area contributed by atoms with Gasteiger partial charge >= 0.3 is 0 Å². The van der Waals surface area contributed by atoms with Gasteiger partial charge in [-0.05, 0) is 15.9 Å². The first kappa shape index (κ1) is 11.3. The van der Waals surface area contributed by atoms with E-state index in [1.165, 1.54) is 0 Å². The van der Waals surface area contributed by atoms with Gasteiger partial charge in [-0.2, -0.15) is 0 Å². The molecule has 0 N–H and O–H groups in total. The van der Waals surface area contributed by atoms with Gasteiger partial charge in [0.2, 0.25) is 5.95 Å². The lowest BCUT2D eigenvalue weighted by atomic mass is 10.4. The molecular formula is C10H10BrClN4O. The van der Waals surface area contributed by atoms with Crippen LogP contribution >= 0.6 is 27.5 Å². The van der Waals surface area contributed by atoms with E-state index in [2.05, 4.69) is 30.8 Å². The van der Waals surface area contributed by atoms with Crippen LogP contribution in [0.4, 0.5) is 5.95 Å². The zero-order valence-corrected chi connectivity index (χ0v) is 11.3. The number of ether oxygens (including phenoxy) is 1. The fraction of sp³-hybridized carbons (Fsp3) is 0.400. The van der Waals surface area contributed by atoms with Crippen LogP contribution in [0.2, 0.25) is 5.15 Å². The second-order valence-electron chi connectivity index (χ2n) is 3.74. The highest BCUT2D eigenvalue weighted by Crippen LogP contribution is 2.28. The van der Waals surface area contributed by atoms with Crippen LogP contribution in [0.25, 0.3) is 5.52 Å². The molecule has 0 aliphatic carbocycles. The first-order valence-electron chi connectivity index (χ1n) is 5.28. The van der Waals surface area contributed by atoms with E-state index in [9.17, 15) is 0 Å². The van der Waals surface area contributed by atoms with Gasteiger partial charge in [-0.25, -0.2) is 9.97 Å². The second-order valence-corrected chi connectivity index (χ2v) is 4.85. The third-order valence-corrected chi connectivity index (χ3v) is 3.57. The van der Waals surface area contributed by atoms with Crippen molar-refractivity contribution < 1.29 is 4.74 Å². The summed E-state index contributed by atoms with van der Waals surface area (Å²) < 4.78 is 8.00. The van der Waals surface area contributed by atoms with Crippen LogP contribution in [-0.4, -0.2) is 40.7 Å². The van der Waals surface area contributed by atoms with E-state index in [4.69, 9.17) is 16.3 Å². The molecule has 0 aromatic carbocycles. The van der Waals surface area contributed by atoms with Crippen molar-refractivity contribution in [3.63, 3.8) is 0 Å². The molecule has 1 aliphatic heterocycles. The van der Waals surface area contributed by atoms with Gasteiger partial charge in [0, 0.05) is 25.5 Å². The van der Waals surface area contributed by atoms with Gasteiger partial charge in [0.05, 0.1) is 13.2 Å². The minimum absolute atomic E-state index is 0.450. The molecule has 7 heteroatoms. The van der Waals surface area contributed by atoms with Crippen molar-refractivity contribution in [2.24, 2.45) is 0 Å². The molecular weight excluding hydrogens is 307 g/mol. The van der Waals surface area contributed by atoms with Crippen LogP contribution < -0.4 is 4.90 Å². The number of aromatic nitrogens is 3. The SMILES string of the molecule is Clc1nccn2c(N3CCOCC3)nc(Br)c12. The molecule has 2 aromatic rings. The molecule has 3 rings (SSSR count). The zero-order chi connectivity index (χ0) is 11.8. The van der Waals surface area contributed by atoms with Crippen molar-refractivity contribution in [3.8, 4) is 0 Å². The van der Waals surface area contributed by atoms with Gasteiger partial charge in [0.25, 0.3) is 0 Å². The van der Waals surface area contributed by atoms with Gasteiger partial charge in [-0.15, -0.1) is 0 Å². The molecule has 0 unspecified atom stereocenters. The Labute approximate surface area is 111 Å². The molecule has 0 radical (unpaired) electrons. The molecule has 1 fully saturated rings. The summed E-state index contributed by atoms with van der Waals surface area (Å²) in [6.07, 6.45) is 3.54. The average Bonchev–Trinajstić information content (AvgIpc) is 2.69. The van der Waals surface area contributed by atoms with E-state index >= 15 is 0 Å². The number of halogens is 2. The summed E-state index contributed by atoms with van der Waals surface area (Å²) >= 11 is 9.49. The molecule has 0 atom stereocenters. The Hall–Kier alpha value is -0.850. The molecule has 17 heavy (non-hydrogen) atoms. The van der Waals surface area contributed by atoms with E-state index in [1.807, 2.05) is 10.6 Å². The number of rotatable bonds is 1. The number of anilines is 1. The van der Waals surface area contributed by atoms with Crippen LogP contribution in [0.5, 0.6) is 0 Å². The maximum absolute atomic E-state index is 6.07. The minimum Gasteiger partial charge on any atom is -0.378 e. The molecule has 2 aromatic heterocycles. The topological polar surface area (TPSA) is 42.7 Å². The number of imidazole rings is 1. The quantitative estimate of drug-likeness (QED) is 0.806. The van der Waals surface area contributed by atoms with Crippen molar-refractivity contribution in [2.45, 2.75) is 0 Å². The lowest BCUT2D eigenvalue weighted by Gasteiger charge is -2.26. The summed E-state index contributed by atoms with van der Waals surface area (Å²) in [6.45, 7) is 3.13. The lowest BCUT2D eigenvalue weighted by Crippen LogP contribution is -2.37. The van der Waals surface area contributed by atoms with Crippen LogP contribution in [-0.2, 0) is 4.74 Å². The first-order chi connectivity index (χ1) is 8.27. The predicted octanol–water partition coefficient (Wildman–Crippen LogP) is 1.98. The summed E-state index contributed by atoms with van der Waals surface area (Å²) in [5.41, 5.74) is 0.802. The largest absolute Gasteiger partial charge is 0.378 e. The van der Waals surface area contributed by atoms with Crippen molar-refractivity contribution >= 4 is 39.0 Å². The smallest absolute Gasteiger partial charge is 0.211 e. The highest BCUT2D eigenvalue weighted by Gasteiger charge is 2.19. The molecule has 1 aliphatic rings. The Morgan fingerprint density at radius 2 is 2.12 bits per heavy atom. The second kappa shape index (κ2) is 4.44. The van der Waals surface area contributed by atoms with Crippen LogP contribution in [0, 0.1) is 0 Å². The molecule has 1 saturated heterocycles. The molecule has 90 valence electrons. The predicted molar refractivity (Wildman–Crippen MR) is 68.7 cm³/mol. The molecule has 0 bridgehead atoms. The van der Waals surface area contributed by atoms with Gasteiger partial charge in [-0.1, -0.05) is 11.6 Å². The van der Waals surface area contributed by atoms with E-state index in [1.54, 1.807) is 6.20 Å². The first-order valence-corrected chi connectivity index (χ1v) is 6.45. The summed E-state index contributed by atoms with van der Waals surface area (Å²) in [4.78, 5) is 10.7. The normalized spacial score (nSPS) is 16.7. The van der Waals surface area contributed by atoms with E-state index in [-0.39, 0.29) is 0 Å². The Kier molecular flexibility index (Phi) is 2.94. The molecule has 0 spiro atoms. The highest BCUT2D eigenvalue weighted by atomic mass is 79.9. The minimum atomic E-state index is 0.450. The van der Waals surface area contributed by atoms with Crippen molar-refractivity contribution in [2.75, 3.05) is 31.2 Å². The number of morpholine rings is 1. The Morgan fingerprint density at radius 1 is 1.35 bits per heavy atom. The maximum atomic E-state index is 6.07. The summed E-state index contributed by atoms with van der Waals surface area (Å²) in [5.74, 6) is 0.875. The van der Waals surface area contributed by atoms with Gasteiger partial charge in [0.15, 0.2) is 5.15 Å².